The fraction of sp³-hybridized carbons (Fsp3) is 0.667. The number of amides is 1. The first-order valence-corrected chi connectivity index (χ1v) is 9.82. The molecule has 5 atom stereocenters. The van der Waals surface area contributed by atoms with Crippen LogP contribution < -0.4 is 0 Å². The summed E-state index contributed by atoms with van der Waals surface area (Å²) in [5.74, 6) is -0.768. The van der Waals surface area contributed by atoms with E-state index < -0.39 is 28.8 Å². The van der Waals surface area contributed by atoms with Gasteiger partial charge in [0, 0.05) is 27.6 Å². The highest BCUT2D eigenvalue weighted by atomic mass is 32.2. The summed E-state index contributed by atoms with van der Waals surface area (Å²) in [7, 11) is -0.819. The predicted molar refractivity (Wildman–Crippen MR) is 81.9 cm³/mol. The fourth-order valence-electron chi connectivity index (χ4n) is 2.71. The van der Waals surface area contributed by atoms with Crippen molar-refractivity contribution in [1.29, 1.82) is 0 Å². The van der Waals surface area contributed by atoms with Crippen LogP contribution in [0.15, 0.2) is 9.93 Å². The molecule has 0 aromatic heterocycles. The molecule has 1 amide bonds. The van der Waals surface area contributed by atoms with Gasteiger partial charge in [0.05, 0.1) is 16.3 Å². The Morgan fingerprint density at radius 1 is 1.57 bits per heavy atom. The van der Waals surface area contributed by atoms with Gasteiger partial charge in [0.1, 0.15) is 5.37 Å². The zero-order chi connectivity index (χ0) is 15.3. The van der Waals surface area contributed by atoms with Crippen LogP contribution >= 0.6 is 23.5 Å². The van der Waals surface area contributed by atoms with Crippen molar-refractivity contribution in [2.45, 2.75) is 30.1 Å². The number of aliphatic hydroxyl groups is 1. The lowest BCUT2D eigenvalue weighted by molar-refractivity contribution is -0.156. The minimum atomic E-state index is -1.12. The molecule has 3 aliphatic rings. The molecule has 116 valence electrons. The monoisotopic (exact) mass is 349 g/mol. The van der Waals surface area contributed by atoms with Gasteiger partial charge in [-0.1, -0.05) is 11.8 Å². The number of rotatable bonds is 4. The third-order valence-corrected chi connectivity index (χ3v) is 8.33. The highest BCUT2D eigenvalue weighted by Gasteiger charge is 2.58. The van der Waals surface area contributed by atoms with Gasteiger partial charge in [0.25, 0.3) is 0 Å². The van der Waals surface area contributed by atoms with Gasteiger partial charge < -0.3 is 10.2 Å². The third kappa shape index (κ3) is 2.54. The maximum absolute atomic E-state index is 12.0. The number of thioether (sulfide) groups is 2. The maximum atomic E-state index is 12.0. The number of β-lactam (4-membered cyclic amide) rings is 1. The van der Waals surface area contributed by atoms with E-state index in [0.29, 0.717) is 15.7 Å². The first-order chi connectivity index (χ1) is 9.90. The van der Waals surface area contributed by atoms with E-state index in [1.165, 1.54) is 28.4 Å². The minimum absolute atomic E-state index is 0.0228. The SMILES string of the molecule is CC(O)C1C(=O)N2C(C(=O)O)=C(SC3CC[S@@](=O)C3)SC12. The molecule has 21 heavy (non-hydrogen) atoms. The standard InChI is InChI=1S/C12H15NO5S3/c1-5(14)7-9(15)13-8(11(16)17)12(20-10(7)13)19-6-2-3-21(18)4-6/h5-7,10,14H,2-4H2,1H3,(H,16,17)/t5?,6?,7?,10?,21-/m1/s1. The predicted octanol–water partition coefficient (Wildman–Crippen LogP) is 0.406. The summed E-state index contributed by atoms with van der Waals surface area (Å²) in [5.41, 5.74) is 0.0228. The van der Waals surface area contributed by atoms with Crippen LogP contribution in [0.4, 0.5) is 0 Å². The molecule has 4 unspecified atom stereocenters. The number of hydrogen-bond donors (Lipinski definition) is 2. The van der Waals surface area contributed by atoms with Crippen molar-refractivity contribution in [2.24, 2.45) is 5.92 Å². The molecular formula is C12H15NO5S3. The highest BCUT2D eigenvalue weighted by molar-refractivity contribution is 8.23. The molecule has 0 aromatic carbocycles. The summed E-state index contributed by atoms with van der Waals surface area (Å²) in [6, 6.07) is 0. The number of carbonyl (C=O) groups is 2. The van der Waals surface area contributed by atoms with E-state index in [1.807, 2.05) is 0 Å². The number of fused-ring (bicyclic) bond motifs is 1. The van der Waals surface area contributed by atoms with Gasteiger partial charge in [-0.05, 0) is 13.3 Å². The second kappa shape index (κ2) is 5.60. The summed E-state index contributed by atoms with van der Waals surface area (Å²) >= 11 is 2.74. The first kappa shape index (κ1) is 15.4. The van der Waals surface area contributed by atoms with Gasteiger partial charge >= 0.3 is 5.97 Å². The Bertz CT molecular complexity index is 561. The molecule has 0 radical (unpaired) electrons. The van der Waals surface area contributed by atoms with E-state index in [4.69, 9.17) is 0 Å². The average Bonchev–Trinajstić information content (AvgIpc) is 2.91. The second-order valence-electron chi connectivity index (χ2n) is 5.26. The van der Waals surface area contributed by atoms with Crippen LogP contribution in [0, 0.1) is 5.92 Å². The molecule has 0 aliphatic carbocycles. The van der Waals surface area contributed by atoms with E-state index >= 15 is 0 Å². The Hall–Kier alpha value is -0.510. The lowest BCUT2D eigenvalue weighted by Gasteiger charge is -2.43. The normalized spacial score (nSPS) is 36.7. The Morgan fingerprint density at radius 3 is 2.81 bits per heavy atom. The van der Waals surface area contributed by atoms with Gasteiger partial charge in [-0.25, -0.2) is 4.79 Å². The number of aliphatic carboxylic acids is 1. The molecular weight excluding hydrogens is 334 g/mol. The molecule has 0 spiro atoms. The first-order valence-electron chi connectivity index (χ1n) is 6.57. The van der Waals surface area contributed by atoms with Gasteiger partial charge in [-0.15, -0.1) is 11.8 Å². The molecule has 2 saturated heterocycles. The van der Waals surface area contributed by atoms with Crippen LogP contribution in [-0.2, 0) is 20.4 Å². The summed E-state index contributed by atoms with van der Waals surface area (Å²) in [6.07, 6.45) is 0.0109. The summed E-state index contributed by atoms with van der Waals surface area (Å²) in [5, 5.41) is 18.8. The lowest BCUT2D eigenvalue weighted by atomic mass is 9.92. The number of aliphatic hydroxyl groups excluding tert-OH is 1. The minimum Gasteiger partial charge on any atom is -0.477 e. The van der Waals surface area contributed by atoms with Crippen LogP contribution in [0.2, 0.25) is 0 Å². The van der Waals surface area contributed by atoms with E-state index in [9.17, 15) is 24.0 Å². The zero-order valence-electron chi connectivity index (χ0n) is 11.2. The van der Waals surface area contributed by atoms with Crippen molar-refractivity contribution in [2.75, 3.05) is 11.5 Å². The maximum Gasteiger partial charge on any atom is 0.354 e. The smallest absolute Gasteiger partial charge is 0.354 e. The molecule has 2 N–H and O–H groups in total. The van der Waals surface area contributed by atoms with E-state index in [-0.39, 0.29) is 22.2 Å². The number of carboxylic acids is 1. The fourth-order valence-corrected chi connectivity index (χ4v) is 7.97. The van der Waals surface area contributed by atoms with Crippen LogP contribution in [-0.4, -0.2) is 59.4 Å². The second-order valence-corrected chi connectivity index (χ2v) is 9.58. The van der Waals surface area contributed by atoms with Crippen molar-refractivity contribution in [3.63, 3.8) is 0 Å². The van der Waals surface area contributed by atoms with Crippen molar-refractivity contribution in [3.05, 3.63) is 9.93 Å². The van der Waals surface area contributed by atoms with Crippen LogP contribution in [0.25, 0.3) is 0 Å². The van der Waals surface area contributed by atoms with Crippen LogP contribution in [0.1, 0.15) is 13.3 Å². The Balaban J connectivity index is 1.81. The molecule has 6 nitrogen and oxygen atoms in total. The number of hydrogen-bond acceptors (Lipinski definition) is 6. The molecule has 3 aliphatic heterocycles. The molecule has 2 fully saturated rings. The molecule has 0 aromatic rings. The molecule has 3 rings (SSSR count). The molecule has 3 heterocycles. The molecule has 9 heteroatoms. The van der Waals surface area contributed by atoms with Crippen molar-refractivity contribution >= 4 is 46.2 Å². The summed E-state index contributed by atoms with van der Waals surface area (Å²) in [4.78, 5) is 24.8. The number of carboxylic acid groups (broad SMARTS) is 1. The average molecular weight is 349 g/mol. The summed E-state index contributed by atoms with van der Waals surface area (Å²) in [6.45, 7) is 1.55. The van der Waals surface area contributed by atoms with Crippen LogP contribution in [0.5, 0.6) is 0 Å². The Morgan fingerprint density at radius 2 is 2.29 bits per heavy atom. The molecule has 0 saturated carbocycles. The largest absolute Gasteiger partial charge is 0.477 e. The van der Waals surface area contributed by atoms with E-state index in [2.05, 4.69) is 0 Å². The van der Waals surface area contributed by atoms with E-state index in [1.54, 1.807) is 6.92 Å². The molecule has 0 bridgehead atoms. The summed E-state index contributed by atoms with van der Waals surface area (Å²) < 4.78 is 12.0. The van der Waals surface area contributed by atoms with Crippen molar-refractivity contribution < 1.29 is 24.0 Å². The zero-order valence-corrected chi connectivity index (χ0v) is 13.7. The van der Waals surface area contributed by atoms with Crippen LogP contribution in [0.3, 0.4) is 0 Å². The van der Waals surface area contributed by atoms with Gasteiger partial charge in [-0.2, -0.15) is 0 Å². The van der Waals surface area contributed by atoms with Gasteiger partial charge in [-0.3, -0.25) is 13.9 Å². The van der Waals surface area contributed by atoms with E-state index in [0.717, 1.165) is 6.42 Å². The van der Waals surface area contributed by atoms with Gasteiger partial charge in [0.2, 0.25) is 5.91 Å². The van der Waals surface area contributed by atoms with Crippen molar-refractivity contribution in [3.8, 4) is 0 Å². The highest BCUT2D eigenvalue weighted by Crippen LogP contribution is 2.55. The Labute approximate surface area is 132 Å². The number of carbonyl (C=O) groups excluding carboxylic acids is 1. The topological polar surface area (TPSA) is 94.9 Å². The number of nitrogens with zero attached hydrogens (tertiary/aromatic N) is 1. The quantitative estimate of drug-likeness (QED) is 0.710. The third-order valence-electron chi connectivity index (χ3n) is 3.78. The lowest BCUT2D eigenvalue weighted by Crippen LogP contribution is -2.60. The Kier molecular flexibility index (Phi) is 4.10. The van der Waals surface area contributed by atoms with Crippen molar-refractivity contribution in [1.82, 2.24) is 4.90 Å². The van der Waals surface area contributed by atoms with Gasteiger partial charge in [0.15, 0.2) is 5.70 Å².